The zero-order valence-electron chi connectivity index (χ0n) is 11.6. The van der Waals surface area contributed by atoms with Crippen molar-refractivity contribution in [1.29, 1.82) is 0 Å². The van der Waals surface area contributed by atoms with Crippen molar-refractivity contribution in [2.24, 2.45) is 5.92 Å². The molecule has 21 heavy (non-hydrogen) atoms. The topological polar surface area (TPSA) is 37.3 Å². The highest BCUT2D eigenvalue weighted by Gasteiger charge is 2.24. The smallest absolute Gasteiger partial charge is 0.392 e. The molecule has 1 N–H and O–H groups in total. The molecule has 0 fully saturated rings. The summed E-state index contributed by atoms with van der Waals surface area (Å²) < 4.78 is 35.7. The maximum atomic E-state index is 11.9. The van der Waals surface area contributed by atoms with E-state index >= 15 is 0 Å². The minimum absolute atomic E-state index is 0.0111. The second-order valence-corrected chi connectivity index (χ2v) is 4.93. The molecule has 116 valence electrons. The molecule has 0 saturated heterocycles. The number of carbonyl (C=O) groups excluding carboxylic acids is 1. The van der Waals surface area contributed by atoms with Gasteiger partial charge in [-0.3, -0.25) is 4.79 Å². The lowest BCUT2D eigenvalue weighted by molar-refractivity contribution is -0.125. The van der Waals surface area contributed by atoms with Crippen molar-refractivity contribution in [3.05, 3.63) is 48.6 Å². The number of hydrogen-bond acceptors (Lipinski definition) is 2. The van der Waals surface area contributed by atoms with Gasteiger partial charge in [-0.1, -0.05) is 30.4 Å². The van der Waals surface area contributed by atoms with E-state index in [2.05, 4.69) is 6.58 Å². The zero-order chi connectivity index (χ0) is 15.9. The third-order valence-corrected chi connectivity index (χ3v) is 3.12. The zero-order valence-corrected chi connectivity index (χ0v) is 11.6. The first-order valence-electron chi connectivity index (χ1n) is 6.76. The van der Waals surface area contributed by atoms with Gasteiger partial charge in [0.05, 0.1) is 12.5 Å². The molecule has 1 rings (SSSR count). The van der Waals surface area contributed by atoms with Crippen molar-refractivity contribution in [1.82, 2.24) is 0 Å². The molecule has 2 unspecified atom stereocenters. The van der Waals surface area contributed by atoms with E-state index in [1.807, 2.05) is 0 Å². The Morgan fingerprint density at radius 1 is 1.33 bits per heavy atom. The van der Waals surface area contributed by atoms with Crippen molar-refractivity contribution in [2.75, 3.05) is 0 Å². The van der Waals surface area contributed by atoms with Gasteiger partial charge >= 0.3 is 6.18 Å². The summed E-state index contributed by atoms with van der Waals surface area (Å²) in [5.41, 5.74) is 0.619. The number of carbonyl (C=O) groups is 1. The molecule has 1 aliphatic carbocycles. The first-order chi connectivity index (χ1) is 9.83. The third kappa shape index (κ3) is 6.58. The predicted octanol–water partition coefficient (Wildman–Crippen LogP) is 3.89. The van der Waals surface area contributed by atoms with Gasteiger partial charge in [0.15, 0.2) is 5.78 Å². The highest BCUT2D eigenvalue weighted by Crippen LogP contribution is 2.26. The SMILES string of the molecule is C=CCC1C=CC(=O)C1=CCC(O)CC=CCC(F)(F)F. The molecule has 5 heteroatoms. The van der Waals surface area contributed by atoms with Gasteiger partial charge in [-0.25, -0.2) is 0 Å². The molecular weight excluding hydrogens is 281 g/mol. The average Bonchev–Trinajstić information content (AvgIpc) is 2.73. The Kier molecular flexibility index (Phi) is 6.62. The van der Waals surface area contributed by atoms with Crippen LogP contribution in [-0.2, 0) is 4.79 Å². The van der Waals surface area contributed by atoms with Gasteiger partial charge in [0.1, 0.15) is 0 Å². The van der Waals surface area contributed by atoms with Crippen molar-refractivity contribution >= 4 is 5.78 Å². The Bertz CT molecular complexity index is 459. The fourth-order valence-electron chi connectivity index (χ4n) is 2.05. The Balaban J connectivity index is 2.44. The summed E-state index contributed by atoms with van der Waals surface area (Å²) in [7, 11) is 0. The number of allylic oxidation sites excluding steroid dienone is 5. The average molecular weight is 300 g/mol. The van der Waals surface area contributed by atoms with E-state index in [0.29, 0.717) is 12.0 Å². The second kappa shape index (κ2) is 7.98. The fourth-order valence-corrected chi connectivity index (χ4v) is 2.05. The van der Waals surface area contributed by atoms with E-state index in [-0.39, 0.29) is 24.5 Å². The van der Waals surface area contributed by atoms with Gasteiger partial charge in [-0.15, -0.1) is 6.58 Å². The lowest BCUT2D eigenvalue weighted by atomic mass is 9.96. The molecule has 0 spiro atoms. The molecule has 0 aliphatic heterocycles. The second-order valence-electron chi connectivity index (χ2n) is 4.93. The minimum Gasteiger partial charge on any atom is -0.392 e. The number of alkyl halides is 3. The van der Waals surface area contributed by atoms with Crippen LogP contribution in [0.4, 0.5) is 13.2 Å². The first kappa shape index (κ1) is 17.4. The van der Waals surface area contributed by atoms with Gasteiger partial charge in [-0.05, 0) is 25.3 Å². The van der Waals surface area contributed by atoms with Crippen molar-refractivity contribution in [2.45, 2.75) is 38.0 Å². The number of ketones is 1. The van der Waals surface area contributed by atoms with Crippen LogP contribution in [0.3, 0.4) is 0 Å². The quantitative estimate of drug-likeness (QED) is 0.572. The molecule has 2 nitrogen and oxygen atoms in total. The molecule has 0 amide bonds. The summed E-state index contributed by atoms with van der Waals surface area (Å²) in [6.45, 7) is 3.63. The lowest BCUT2D eigenvalue weighted by Crippen LogP contribution is -2.08. The Hall–Kier alpha value is -1.62. The molecule has 2 atom stereocenters. The van der Waals surface area contributed by atoms with Crippen LogP contribution in [0.2, 0.25) is 0 Å². The molecule has 0 saturated carbocycles. The van der Waals surface area contributed by atoms with Crippen LogP contribution < -0.4 is 0 Å². The van der Waals surface area contributed by atoms with Gasteiger partial charge < -0.3 is 5.11 Å². The Labute approximate surface area is 122 Å². The van der Waals surface area contributed by atoms with E-state index < -0.39 is 18.7 Å². The monoisotopic (exact) mass is 300 g/mol. The van der Waals surface area contributed by atoms with E-state index in [4.69, 9.17) is 0 Å². The van der Waals surface area contributed by atoms with Crippen LogP contribution in [0, 0.1) is 5.92 Å². The minimum atomic E-state index is -4.22. The molecule has 0 aromatic rings. The van der Waals surface area contributed by atoms with Gasteiger partial charge in [-0.2, -0.15) is 13.2 Å². The van der Waals surface area contributed by atoms with E-state index in [9.17, 15) is 23.1 Å². The highest BCUT2D eigenvalue weighted by atomic mass is 19.4. The molecule has 0 radical (unpaired) electrons. The number of halogens is 3. The maximum absolute atomic E-state index is 11.9. The lowest BCUT2D eigenvalue weighted by Gasteiger charge is -2.09. The number of hydrogen-bond donors (Lipinski definition) is 1. The summed E-state index contributed by atoms with van der Waals surface area (Å²) in [6, 6.07) is 0. The normalized spacial score (nSPS) is 22.4. The molecule has 0 aromatic carbocycles. The standard InChI is InChI=1S/C16H19F3O2/c1-2-5-12-7-10-15(21)14(12)9-8-13(20)6-3-4-11-16(17,18)19/h2-4,7,9-10,12-13,20H,1,5-6,8,11H2. The van der Waals surface area contributed by atoms with Crippen LogP contribution >= 0.6 is 0 Å². The fraction of sp³-hybridized carbons (Fsp3) is 0.438. The summed E-state index contributed by atoms with van der Waals surface area (Å²) in [5, 5.41) is 9.71. The molecule has 1 aliphatic rings. The number of aliphatic hydroxyl groups excluding tert-OH is 1. The van der Waals surface area contributed by atoms with Crippen LogP contribution in [-0.4, -0.2) is 23.2 Å². The summed E-state index contributed by atoms with van der Waals surface area (Å²) in [6.07, 6.45) is 4.01. The Morgan fingerprint density at radius 2 is 2.05 bits per heavy atom. The molecular formula is C16H19F3O2. The van der Waals surface area contributed by atoms with Crippen LogP contribution in [0.1, 0.15) is 25.7 Å². The Morgan fingerprint density at radius 3 is 2.67 bits per heavy atom. The van der Waals surface area contributed by atoms with Crippen molar-refractivity contribution < 1.29 is 23.1 Å². The summed E-state index contributed by atoms with van der Waals surface area (Å²) >= 11 is 0. The predicted molar refractivity (Wildman–Crippen MR) is 75.6 cm³/mol. The molecule has 0 heterocycles. The van der Waals surface area contributed by atoms with E-state index in [0.717, 1.165) is 6.08 Å². The molecule has 0 bridgehead atoms. The molecule has 0 aromatic heterocycles. The van der Waals surface area contributed by atoms with Gasteiger partial charge in [0.2, 0.25) is 0 Å². The van der Waals surface area contributed by atoms with Crippen molar-refractivity contribution in [3.8, 4) is 0 Å². The number of rotatable bonds is 7. The van der Waals surface area contributed by atoms with E-state index in [1.165, 1.54) is 12.2 Å². The van der Waals surface area contributed by atoms with E-state index in [1.54, 1.807) is 18.2 Å². The van der Waals surface area contributed by atoms with Gasteiger partial charge in [0.25, 0.3) is 0 Å². The van der Waals surface area contributed by atoms with Crippen molar-refractivity contribution in [3.63, 3.8) is 0 Å². The van der Waals surface area contributed by atoms with Gasteiger partial charge in [0, 0.05) is 11.5 Å². The van der Waals surface area contributed by atoms with Crippen LogP contribution in [0.15, 0.2) is 48.6 Å². The highest BCUT2D eigenvalue weighted by molar-refractivity contribution is 6.07. The third-order valence-electron chi connectivity index (χ3n) is 3.12. The van der Waals surface area contributed by atoms with Crippen LogP contribution in [0.5, 0.6) is 0 Å². The summed E-state index contributed by atoms with van der Waals surface area (Å²) in [5.74, 6) is -0.0929. The summed E-state index contributed by atoms with van der Waals surface area (Å²) in [4.78, 5) is 11.6. The maximum Gasteiger partial charge on any atom is 0.392 e. The van der Waals surface area contributed by atoms with Crippen LogP contribution in [0.25, 0.3) is 0 Å². The number of aliphatic hydroxyl groups is 1. The first-order valence-corrected chi connectivity index (χ1v) is 6.76. The largest absolute Gasteiger partial charge is 0.392 e.